The first-order chi connectivity index (χ1) is 10.7. The van der Waals surface area contributed by atoms with Crippen molar-refractivity contribution in [2.75, 3.05) is 6.54 Å². The summed E-state index contributed by atoms with van der Waals surface area (Å²) in [6, 6.07) is 0. The van der Waals surface area contributed by atoms with Gasteiger partial charge in [-0.1, -0.05) is 26.7 Å². The number of amides is 1. The standard InChI is InChI=1S/C17H27N3O2/c1-3-16(22-14-6-4-5-12(2)9-14)17(21)20-8-7-15-13(11-20)10-18-19-15/h10,12,14,16H,3-9,11H2,1-2H3,(H,18,19)/t12-,14-,16-/m0/s1. The number of aromatic amines is 1. The van der Waals surface area contributed by atoms with E-state index in [9.17, 15) is 4.79 Å². The van der Waals surface area contributed by atoms with Crippen molar-refractivity contribution in [1.29, 1.82) is 0 Å². The van der Waals surface area contributed by atoms with Gasteiger partial charge in [0.25, 0.3) is 5.91 Å². The van der Waals surface area contributed by atoms with Crippen LogP contribution in [0.4, 0.5) is 0 Å². The molecular formula is C17H27N3O2. The van der Waals surface area contributed by atoms with Crippen molar-refractivity contribution in [3.05, 3.63) is 17.5 Å². The van der Waals surface area contributed by atoms with E-state index < -0.39 is 0 Å². The lowest BCUT2D eigenvalue weighted by molar-refractivity contribution is -0.150. The number of aromatic nitrogens is 2. The Bertz CT molecular complexity index is 514. The van der Waals surface area contributed by atoms with Crippen molar-refractivity contribution in [3.8, 4) is 0 Å². The summed E-state index contributed by atoms with van der Waals surface area (Å²) in [6.07, 6.45) is 8.11. The van der Waals surface area contributed by atoms with Crippen molar-refractivity contribution < 1.29 is 9.53 Å². The van der Waals surface area contributed by atoms with Crippen molar-refractivity contribution in [2.24, 2.45) is 5.92 Å². The minimum atomic E-state index is -0.288. The summed E-state index contributed by atoms with van der Waals surface area (Å²) in [5.41, 5.74) is 2.31. The van der Waals surface area contributed by atoms with E-state index in [4.69, 9.17) is 4.74 Å². The predicted octanol–water partition coefficient (Wildman–Crippen LogP) is 2.67. The van der Waals surface area contributed by atoms with Crippen LogP contribution in [0.5, 0.6) is 0 Å². The van der Waals surface area contributed by atoms with Crippen molar-refractivity contribution in [1.82, 2.24) is 15.1 Å². The number of nitrogens with zero attached hydrogens (tertiary/aromatic N) is 2. The Balaban J connectivity index is 1.60. The molecule has 1 aliphatic heterocycles. The zero-order chi connectivity index (χ0) is 15.5. The van der Waals surface area contributed by atoms with E-state index in [1.807, 2.05) is 18.0 Å². The third-order valence-electron chi connectivity index (χ3n) is 5.00. The average Bonchev–Trinajstić information content (AvgIpc) is 2.99. The normalized spacial score (nSPS) is 26.5. The zero-order valence-electron chi connectivity index (χ0n) is 13.7. The minimum Gasteiger partial charge on any atom is -0.365 e. The summed E-state index contributed by atoms with van der Waals surface area (Å²) < 4.78 is 6.18. The van der Waals surface area contributed by atoms with Gasteiger partial charge in [0.05, 0.1) is 12.3 Å². The molecule has 22 heavy (non-hydrogen) atoms. The Morgan fingerprint density at radius 2 is 2.41 bits per heavy atom. The van der Waals surface area contributed by atoms with Gasteiger partial charge in [0.15, 0.2) is 0 Å². The third kappa shape index (κ3) is 3.35. The molecule has 3 atom stereocenters. The Hall–Kier alpha value is -1.36. The minimum absolute atomic E-state index is 0.146. The highest BCUT2D eigenvalue weighted by Crippen LogP contribution is 2.27. The molecule has 1 N–H and O–H groups in total. The molecule has 0 spiro atoms. The van der Waals surface area contributed by atoms with Crippen molar-refractivity contribution in [2.45, 2.75) is 71.1 Å². The van der Waals surface area contributed by atoms with Crippen LogP contribution >= 0.6 is 0 Å². The first kappa shape index (κ1) is 15.5. The van der Waals surface area contributed by atoms with Gasteiger partial charge in [-0.05, 0) is 25.2 Å². The molecular weight excluding hydrogens is 278 g/mol. The third-order valence-corrected chi connectivity index (χ3v) is 5.00. The fourth-order valence-electron chi connectivity index (χ4n) is 3.68. The molecule has 1 saturated carbocycles. The lowest BCUT2D eigenvalue weighted by Crippen LogP contribution is -2.44. The molecule has 1 aromatic heterocycles. The van der Waals surface area contributed by atoms with Gasteiger partial charge in [-0.3, -0.25) is 9.89 Å². The second kappa shape index (κ2) is 6.82. The van der Waals surface area contributed by atoms with E-state index in [0.29, 0.717) is 6.54 Å². The number of hydrogen-bond donors (Lipinski definition) is 1. The van der Waals surface area contributed by atoms with Gasteiger partial charge in [-0.2, -0.15) is 5.10 Å². The van der Waals surface area contributed by atoms with Gasteiger partial charge in [0, 0.05) is 30.8 Å². The van der Waals surface area contributed by atoms with Crippen LogP contribution in [0, 0.1) is 5.92 Å². The lowest BCUT2D eigenvalue weighted by Gasteiger charge is -2.33. The fraction of sp³-hybridized carbons (Fsp3) is 0.765. The van der Waals surface area contributed by atoms with E-state index in [1.54, 1.807) is 0 Å². The van der Waals surface area contributed by atoms with E-state index >= 15 is 0 Å². The quantitative estimate of drug-likeness (QED) is 0.930. The van der Waals surface area contributed by atoms with Crippen molar-refractivity contribution in [3.63, 3.8) is 0 Å². The highest BCUT2D eigenvalue weighted by atomic mass is 16.5. The molecule has 2 heterocycles. The topological polar surface area (TPSA) is 58.2 Å². The van der Waals surface area contributed by atoms with Gasteiger partial charge in [-0.15, -0.1) is 0 Å². The zero-order valence-corrected chi connectivity index (χ0v) is 13.7. The number of carbonyl (C=O) groups excluding carboxylic acids is 1. The molecule has 122 valence electrons. The van der Waals surface area contributed by atoms with Gasteiger partial charge >= 0.3 is 0 Å². The monoisotopic (exact) mass is 305 g/mol. The summed E-state index contributed by atoms with van der Waals surface area (Å²) in [5, 5.41) is 7.08. The van der Waals surface area contributed by atoms with Gasteiger partial charge < -0.3 is 9.64 Å². The molecule has 0 aromatic carbocycles. The smallest absolute Gasteiger partial charge is 0.252 e. The second-order valence-corrected chi connectivity index (χ2v) is 6.81. The van der Waals surface area contributed by atoms with Crippen LogP contribution in [-0.4, -0.2) is 39.8 Å². The molecule has 0 radical (unpaired) electrons. The number of fused-ring (bicyclic) bond motifs is 1. The lowest BCUT2D eigenvalue weighted by atomic mass is 9.88. The molecule has 0 unspecified atom stereocenters. The summed E-state index contributed by atoms with van der Waals surface area (Å²) in [6.45, 7) is 5.74. The molecule has 0 bridgehead atoms. The maximum atomic E-state index is 12.8. The van der Waals surface area contributed by atoms with Crippen LogP contribution < -0.4 is 0 Å². The van der Waals surface area contributed by atoms with Crippen LogP contribution in [-0.2, 0) is 22.5 Å². The molecule has 1 aliphatic carbocycles. The summed E-state index contributed by atoms with van der Waals surface area (Å²) in [5.74, 6) is 0.863. The van der Waals surface area contributed by atoms with Crippen LogP contribution in [0.3, 0.4) is 0 Å². The Kier molecular flexibility index (Phi) is 4.81. The summed E-state index contributed by atoms with van der Waals surface area (Å²) in [4.78, 5) is 14.7. The summed E-state index contributed by atoms with van der Waals surface area (Å²) >= 11 is 0. The van der Waals surface area contributed by atoms with Gasteiger partial charge in [0.2, 0.25) is 0 Å². The molecule has 0 saturated heterocycles. The van der Waals surface area contributed by atoms with Crippen LogP contribution in [0.2, 0.25) is 0 Å². The number of hydrogen-bond acceptors (Lipinski definition) is 3. The Labute approximate surface area is 132 Å². The first-order valence-corrected chi connectivity index (χ1v) is 8.62. The van der Waals surface area contributed by atoms with Crippen LogP contribution in [0.25, 0.3) is 0 Å². The van der Waals surface area contributed by atoms with Gasteiger partial charge in [-0.25, -0.2) is 0 Å². The molecule has 2 aliphatic rings. The molecule has 5 nitrogen and oxygen atoms in total. The second-order valence-electron chi connectivity index (χ2n) is 6.81. The predicted molar refractivity (Wildman–Crippen MR) is 84.3 cm³/mol. The number of rotatable bonds is 4. The molecule has 5 heteroatoms. The number of nitrogens with one attached hydrogen (secondary N) is 1. The van der Waals surface area contributed by atoms with Crippen molar-refractivity contribution >= 4 is 5.91 Å². The highest BCUT2D eigenvalue weighted by Gasteiger charge is 2.30. The number of H-pyrrole nitrogens is 1. The van der Waals surface area contributed by atoms with Crippen LogP contribution in [0.1, 0.15) is 57.2 Å². The summed E-state index contributed by atoms with van der Waals surface area (Å²) in [7, 11) is 0. The van der Waals surface area contributed by atoms with Gasteiger partial charge in [0.1, 0.15) is 6.10 Å². The maximum absolute atomic E-state index is 12.8. The largest absolute Gasteiger partial charge is 0.365 e. The number of carbonyl (C=O) groups is 1. The van der Waals surface area contributed by atoms with E-state index in [0.717, 1.165) is 43.7 Å². The SMILES string of the molecule is CC[C@H](O[C@H]1CCC[C@H](C)C1)C(=O)N1CCc2[nH]ncc2C1. The highest BCUT2D eigenvalue weighted by molar-refractivity contribution is 5.81. The molecule has 1 amide bonds. The van der Waals surface area contributed by atoms with E-state index in [1.165, 1.54) is 18.5 Å². The Morgan fingerprint density at radius 1 is 1.55 bits per heavy atom. The van der Waals surface area contributed by atoms with E-state index in [2.05, 4.69) is 17.1 Å². The van der Waals surface area contributed by atoms with E-state index in [-0.39, 0.29) is 18.1 Å². The molecule has 3 rings (SSSR count). The molecule has 1 aromatic rings. The number of ether oxygens (including phenoxy) is 1. The Morgan fingerprint density at radius 3 is 3.18 bits per heavy atom. The van der Waals surface area contributed by atoms with Crippen LogP contribution in [0.15, 0.2) is 6.20 Å². The first-order valence-electron chi connectivity index (χ1n) is 8.62. The molecule has 1 fully saturated rings. The maximum Gasteiger partial charge on any atom is 0.252 e. The average molecular weight is 305 g/mol. The fourth-order valence-corrected chi connectivity index (χ4v) is 3.68.